The van der Waals surface area contributed by atoms with Gasteiger partial charge in [0.1, 0.15) is 117 Å². The van der Waals surface area contributed by atoms with Gasteiger partial charge in [0.05, 0.1) is 59.5 Å². The van der Waals surface area contributed by atoms with Gasteiger partial charge in [0.2, 0.25) is 17.7 Å². The molecule has 4 heterocycles. The molecule has 9 unspecified atom stereocenters. The lowest BCUT2D eigenvalue weighted by molar-refractivity contribution is -0.367. The fraction of sp³-hybridized carbons (Fsp3) is 0.585. The third-order valence-corrected chi connectivity index (χ3v) is 18.1. The first kappa shape index (κ1) is 84.8. The number of aliphatic hydroxyl groups is 12. The molecule has 0 spiro atoms. The SMILES string of the molecule is NOCC(=O)N[C@H](CCC(=O)NCCCO[C@@H]1OC(CO)[C@H](O)C(O)[C@@H]1O[C@@H]1OC(COP(=O)(OCc2ccccc2)OCc2ccccc2)[C@H](O)C(O)[C@@H]1O)C(=O)NCCCO[C@H]1OC(CO)[C@@H](O)[C@H](O)C1O[C@H]1OC(CO[P+](=O)[O-])[C@@H](O)[C@H](O)C1O.c1ccc(COCc2ccccc2)cc1. The zero-order chi connectivity index (χ0) is 74.4. The maximum Gasteiger partial charge on any atom is 0.488 e. The molecule has 0 aromatic heterocycles. The summed E-state index contributed by atoms with van der Waals surface area (Å²) in [6, 6.07) is 36.4. The molecular formula is C65H92N4O32P2. The van der Waals surface area contributed by atoms with Gasteiger partial charge in [-0.25, -0.2) is 10.5 Å². The molecule has 574 valence electrons. The third kappa shape index (κ3) is 26.7. The Bertz CT molecular complexity index is 3070. The molecular weight excluding hydrogens is 1410 g/mol. The first-order valence-corrected chi connectivity index (χ1v) is 35.5. The maximum atomic E-state index is 14.0. The molecule has 4 aliphatic rings. The summed E-state index contributed by atoms with van der Waals surface area (Å²) in [5.41, 5.74) is 3.66. The summed E-state index contributed by atoms with van der Waals surface area (Å²) >= 11 is 0. The molecule has 4 saturated heterocycles. The molecule has 3 amide bonds. The van der Waals surface area contributed by atoms with E-state index in [1.807, 2.05) is 36.4 Å². The van der Waals surface area contributed by atoms with Gasteiger partial charge in [-0.1, -0.05) is 121 Å². The molecule has 0 saturated carbocycles. The predicted molar refractivity (Wildman–Crippen MR) is 348 cm³/mol. The van der Waals surface area contributed by atoms with Crippen LogP contribution in [0.15, 0.2) is 121 Å². The van der Waals surface area contributed by atoms with E-state index in [0.717, 1.165) is 0 Å². The van der Waals surface area contributed by atoms with Gasteiger partial charge in [-0.05, 0) is 46.1 Å². The first-order valence-electron chi connectivity index (χ1n) is 32.9. The number of phosphoric acid groups is 1. The van der Waals surface area contributed by atoms with E-state index in [1.54, 1.807) is 60.7 Å². The highest BCUT2D eigenvalue weighted by atomic mass is 31.2. The fourth-order valence-electron chi connectivity index (χ4n) is 10.7. The van der Waals surface area contributed by atoms with Crippen molar-refractivity contribution >= 4 is 33.8 Å². The number of aliphatic hydroxyl groups excluding tert-OH is 12. The Labute approximate surface area is 592 Å². The normalized spacial score (nSPS) is 29.9. The number of nitrogens with two attached hydrogens (primary N) is 1. The molecule has 4 aliphatic heterocycles. The van der Waals surface area contributed by atoms with Crippen LogP contribution in [0.2, 0.25) is 0 Å². The van der Waals surface area contributed by atoms with E-state index in [2.05, 4.69) is 49.6 Å². The van der Waals surface area contributed by atoms with Crippen molar-refractivity contribution in [2.75, 3.05) is 59.3 Å². The van der Waals surface area contributed by atoms with E-state index in [1.165, 1.54) is 11.1 Å². The van der Waals surface area contributed by atoms with Gasteiger partial charge in [-0.15, -0.1) is 4.52 Å². The summed E-state index contributed by atoms with van der Waals surface area (Å²) < 4.78 is 97.3. The number of amides is 3. The Kier molecular flexibility index (Phi) is 36.2. The maximum absolute atomic E-state index is 14.0. The van der Waals surface area contributed by atoms with Crippen LogP contribution >= 0.6 is 16.1 Å². The van der Waals surface area contributed by atoms with Gasteiger partial charge in [0.15, 0.2) is 25.2 Å². The van der Waals surface area contributed by atoms with Gasteiger partial charge in [-0.2, -0.15) is 0 Å². The van der Waals surface area contributed by atoms with Crippen molar-refractivity contribution in [2.45, 2.75) is 181 Å². The van der Waals surface area contributed by atoms with E-state index < -0.39 is 196 Å². The molecule has 22 atom stereocenters. The van der Waals surface area contributed by atoms with Crippen molar-refractivity contribution in [3.8, 4) is 0 Å². The van der Waals surface area contributed by atoms with E-state index in [-0.39, 0.29) is 65.2 Å². The van der Waals surface area contributed by atoms with Crippen LogP contribution in [0.25, 0.3) is 0 Å². The van der Waals surface area contributed by atoms with Gasteiger partial charge < -0.3 is 125 Å². The summed E-state index contributed by atoms with van der Waals surface area (Å²) in [5, 5.41) is 135. The number of phosphoric ester groups is 1. The zero-order valence-corrected chi connectivity index (χ0v) is 57.5. The van der Waals surface area contributed by atoms with Crippen LogP contribution in [0.1, 0.15) is 47.9 Å². The number of rotatable bonds is 39. The van der Waals surface area contributed by atoms with E-state index in [4.69, 9.17) is 62.1 Å². The number of hydrogen-bond donors (Lipinski definition) is 16. The van der Waals surface area contributed by atoms with Crippen LogP contribution in [-0.4, -0.2) is 267 Å². The lowest BCUT2D eigenvalue weighted by Crippen LogP contribution is -2.64. The summed E-state index contributed by atoms with van der Waals surface area (Å²) in [7, 11) is -7.88. The molecule has 0 bridgehead atoms. The van der Waals surface area contributed by atoms with Crippen LogP contribution in [0, 0.1) is 0 Å². The molecule has 0 radical (unpaired) electrons. The highest BCUT2D eigenvalue weighted by molar-refractivity contribution is 7.48. The van der Waals surface area contributed by atoms with Gasteiger partial charge in [0, 0.05) is 19.5 Å². The minimum atomic E-state index is -4.47. The van der Waals surface area contributed by atoms with Crippen molar-refractivity contribution in [1.82, 2.24) is 16.0 Å². The molecule has 4 fully saturated rings. The largest absolute Gasteiger partial charge is 0.566 e. The van der Waals surface area contributed by atoms with Crippen molar-refractivity contribution in [3.05, 3.63) is 144 Å². The summed E-state index contributed by atoms with van der Waals surface area (Å²) in [4.78, 5) is 54.2. The minimum Gasteiger partial charge on any atom is -0.566 e. The minimum absolute atomic E-state index is 0.0155. The Morgan fingerprint density at radius 2 is 0.903 bits per heavy atom. The van der Waals surface area contributed by atoms with Crippen molar-refractivity contribution in [3.63, 3.8) is 0 Å². The molecule has 4 aromatic rings. The smallest absolute Gasteiger partial charge is 0.488 e. The molecule has 0 aliphatic carbocycles. The van der Waals surface area contributed by atoms with Gasteiger partial charge >= 0.3 is 16.1 Å². The number of hydrogen-bond acceptors (Lipinski definition) is 33. The summed E-state index contributed by atoms with van der Waals surface area (Å²) in [6.07, 6.45) is -36.1. The van der Waals surface area contributed by atoms with Crippen LogP contribution < -0.4 is 26.7 Å². The standard InChI is InChI=1S/C51H78N4O31P2.C14H14O/c52-76-25-34(59)55-28(47(70)54-16-8-18-75-51-45(41(66)35(60)30(20-57)82-51)85-48-43(68)39(64)37(62)31(83-48)23-77-87(71)72)13-14-33(58)53-15-7-17-74-50-46(42(67)36(61)29(19-56)81-50)86-49-44(69)40(65)38(63)32(84-49)24-80-88(73,78-21-26-9-3-1-4-10-26)79-22-27-11-5-2-6-12-27;1-3-7-13(8-4-1)11-15-12-14-9-5-2-6-10-14/h1-6,9-12,28-32,35-46,48-51,56-57,60-69H,7-8,13-25,52H2,(H,53,58)(H,54,70)(H,55,59);1-10H,11-12H2/t28-,29?,30?,31?,32?,35-,36+,37-,38+,39+,40?,41+,42?,43?,44+,45?,46+,48-,49+,50-,51+;/m1./s1. The highest BCUT2D eigenvalue weighted by Gasteiger charge is 2.53. The summed E-state index contributed by atoms with van der Waals surface area (Å²) in [5.74, 6) is 2.82. The predicted octanol–water partition coefficient (Wildman–Crippen LogP) is -3.55. The number of benzene rings is 4. The van der Waals surface area contributed by atoms with Crippen molar-refractivity contribution < 1.29 is 155 Å². The molecule has 36 nitrogen and oxygen atoms in total. The van der Waals surface area contributed by atoms with Crippen LogP contribution in [0.3, 0.4) is 0 Å². The first-order chi connectivity index (χ1) is 49.5. The highest BCUT2D eigenvalue weighted by Crippen LogP contribution is 2.51. The van der Waals surface area contributed by atoms with Crippen LogP contribution in [-0.2, 0) is 116 Å². The molecule has 103 heavy (non-hydrogen) atoms. The Balaban J connectivity index is 0.000000870. The average Bonchev–Trinajstić information content (AvgIpc) is 0.792. The van der Waals surface area contributed by atoms with Gasteiger partial charge in [0.25, 0.3) is 0 Å². The number of nitrogens with one attached hydrogen (secondary N) is 3. The van der Waals surface area contributed by atoms with Crippen LogP contribution in [0.4, 0.5) is 0 Å². The monoisotopic (exact) mass is 1500 g/mol. The summed E-state index contributed by atoms with van der Waals surface area (Å²) in [6.45, 7) is -3.72. The fourth-order valence-corrected chi connectivity index (χ4v) is 12.1. The number of ether oxygens (including phenoxy) is 9. The second-order valence-electron chi connectivity index (χ2n) is 23.9. The zero-order valence-electron chi connectivity index (χ0n) is 55.7. The number of carbonyl (C=O) groups is 3. The second-order valence-corrected chi connectivity index (χ2v) is 26.3. The van der Waals surface area contributed by atoms with E-state index in [0.29, 0.717) is 24.3 Å². The van der Waals surface area contributed by atoms with Crippen molar-refractivity contribution in [2.24, 2.45) is 5.90 Å². The average molecular weight is 1500 g/mol. The second kappa shape index (κ2) is 44.0. The topological polar surface area (TPSA) is 543 Å². The lowest BCUT2D eigenvalue weighted by Gasteiger charge is -2.46. The van der Waals surface area contributed by atoms with Gasteiger partial charge in [-0.3, -0.25) is 32.8 Å². The van der Waals surface area contributed by atoms with Crippen molar-refractivity contribution in [1.29, 1.82) is 0 Å². The lowest BCUT2D eigenvalue weighted by atomic mass is 9.97. The molecule has 17 N–H and O–H groups in total. The van der Waals surface area contributed by atoms with E-state index >= 15 is 0 Å². The molecule has 38 heteroatoms. The quantitative estimate of drug-likeness (QED) is 0.0117. The Morgan fingerprint density at radius 3 is 1.32 bits per heavy atom. The molecule has 8 rings (SSSR count). The van der Waals surface area contributed by atoms with Crippen LogP contribution in [0.5, 0.6) is 0 Å². The Hall–Kier alpha value is -5.50. The number of carbonyl (C=O) groups excluding carboxylic acids is 3. The van der Waals surface area contributed by atoms with E-state index in [9.17, 15) is 89.7 Å². The Morgan fingerprint density at radius 1 is 0.505 bits per heavy atom. The molecule has 4 aromatic carbocycles. The third-order valence-electron chi connectivity index (χ3n) is 16.4.